The predicted molar refractivity (Wildman–Crippen MR) is 73.9 cm³/mol. The van der Waals surface area contributed by atoms with Crippen molar-refractivity contribution < 1.29 is 10.0 Å². The van der Waals surface area contributed by atoms with E-state index >= 15 is 0 Å². The Labute approximate surface area is 115 Å². The molecule has 0 aliphatic rings. The molecule has 1 heterocycles. The molecule has 0 saturated heterocycles. The molecule has 4 nitrogen and oxygen atoms in total. The molecule has 0 saturated carbocycles. The lowest BCUT2D eigenvalue weighted by molar-refractivity contribution is -0.124. The van der Waals surface area contributed by atoms with E-state index in [0.717, 1.165) is 11.3 Å². The maximum absolute atomic E-state index is 11.0. The highest BCUT2D eigenvalue weighted by Crippen LogP contribution is 2.17. The lowest BCUT2D eigenvalue weighted by atomic mass is 10.2. The van der Waals surface area contributed by atoms with Gasteiger partial charge in [0, 0.05) is 29.5 Å². The quantitative estimate of drug-likeness (QED) is 0.512. The fourth-order valence-corrected chi connectivity index (χ4v) is 1.93. The number of nitrogens with one attached hydrogen (secondary N) is 1. The summed E-state index contributed by atoms with van der Waals surface area (Å²) in [7, 11) is 0. The first-order valence-corrected chi connectivity index (χ1v) is 6.09. The zero-order chi connectivity index (χ0) is 13.7. The molecule has 0 aliphatic heterocycles. The molecule has 0 atom stereocenters. The van der Waals surface area contributed by atoms with Gasteiger partial charge in [0.1, 0.15) is 0 Å². The van der Waals surface area contributed by atoms with Crippen molar-refractivity contribution in [1.29, 1.82) is 0 Å². The van der Waals surface area contributed by atoms with Crippen molar-refractivity contribution >= 4 is 23.6 Å². The van der Waals surface area contributed by atoms with Crippen LogP contribution in [0.4, 0.5) is 0 Å². The maximum Gasteiger partial charge on any atom is 0.267 e. The van der Waals surface area contributed by atoms with Gasteiger partial charge in [-0.1, -0.05) is 29.8 Å². The predicted octanol–water partition coefficient (Wildman–Crippen LogP) is 2.71. The molecular weight excluding hydrogens is 264 g/mol. The van der Waals surface area contributed by atoms with E-state index in [1.165, 1.54) is 6.08 Å². The summed E-state index contributed by atoms with van der Waals surface area (Å²) in [6, 6.07) is 11.4. The van der Waals surface area contributed by atoms with Gasteiger partial charge in [-0.2, -0.15) is 0 Å². The van der Waals surface area contributed by atoms with E-state index in [4.69, 9.17) is 16.8 Å². The molecule has 0 fully saturated rings. The molecule has 0 unspecified atom stereocenters. The lowest BCUT2D eigenvalue weighted by Crippen LogP contribution is -2.15. The van der Waals surface area contributed by atoms with Crippen LogP contribution in [0, 0.1) is 0 Å². The molecule has 5 heteroatoms. The van der Waals surface area contributed by atoms with E-state index in [0.29, 0.717) is 11.6 Å². The largest absolute Gasteiger partial charge is 0.344 e. The number of nitrogens with zero attached hydrogens (tertiary/aromatic N) is 1. The highest BCUT2D eigenvalue weighted by atomic mass is 35.5. The number of amides is 1. The molecule has 0 radical (unpaired) electrons. The molecule has 2 N–H and O–H groups in total. The van der Waals surface area contributed by atoms with Gasteiger partial charge in [0.05, 0.1) is 0 Å². The number of hydrogen-bond acceptors (Lipinski definition) is 2. The monoisotopic (exact) mass is 276 g/mol. The van der Waals surface area contributed by atoms with Gasteiger partial charge in [0.15, 0.2) is 0 Å². The average molecular weight is 277 g/mol. The lowest BCUT2D eigenvalue weighted by Gasteiger charge is -2.08. The number of carbonyl (C=O) groups is 1. The standard InChI is InChI=1S/C14H13ClN2O2/c15-13-6-2-1-4-11(13)10-17-9-3-5-12(17)7-8-14(18)16-19/h1-9,19H,10H2,(H,16,18)/b8-7+. The molecule has 0 spiro atoms. The molecule has 1 aromatic carbocycles. The summed E-state index contributed by atoms with van der Waals surface area (Å²) in [5.41, 5.74) is 3.40. The number of halogens is 1. The van der Waals surface area contributed by atoms with Crippen molar-refractivity contribution in [1.82, 2.24) is 10.0 Å². The number of rotatable bonds is 4. The van der Waals surface area contributed by atoms with E-state index in [1.54, 1.807) is 11.6 Å². The summed E-state index contributed by atoms with van der Waals surface area (Å²) >= 11 is 6.11. The highest BCUT2D eigenvalue weighted by molar-refractivity contribution is 6.31. The van der Waals surface area contributed by atoms with Crippen LogP contribution in [-0.4, -0.2) is 15.7 Å². The van der Waals surface area contributed by atoms with Crippen molar-refractivity contribution in [3.05, 3.63) is 65.0 Å². The highest BCUT2D eigenvalue weighted by Gasteiger charge is 2.03. The van der Waals surface area contributed by atoms with Crippen LogP contribution in [0.5, 0.6) is 0 Å². The Morgan fingerprint density at radius 2 is 2.11 bits per heavy atom. The minimum absolute atomic E-state index is 0.564. The smallest absolute Gasteiger partial charge is 0.267 e. The Bertz CT molecular complexity index is 605. The average Bonchev–Trinajstić information content (AvgIpc) is 2.86. The summed E-state index contributed by atoms with van der Waals surface area (Å²) in [4.78, 5) is 11.0. The Morgan fingerprint density at radius 3 is 2.84 bits per heavy atom. The SMILES string of the molecule is O=C(/C=C/c1cccn1Cc1ccccc1Cl)NO. The molecule has 2 aromatic rings. The van der Waals surface area contributed by atoms with E-state index in [2.05, 4.69) is 0 Å². The summed E-state index contributed by atoms with van der Waals surface area (Å²) in [6.45, 7) is 0.618. The number of aromatic nitrogens is 1. The molecule has 1 amide bonds. The third-order valence-electron chi connectivity index (χ3n) is 2.68. The maximum atomic E-state index is 11.0. The number of benzene rings is 1. The van der Waals surface area contributed by atoms with Gasteiger partial charge in [-0.15, -0.1) is 0 Å². The van der Waals surface area contributed by atoms with Crippen molar-refractivity contribution in [2.24, 2.45) is 0 Å². The summed E-state index contributed by atoms with van der Waals surface area (Å²) < 4.78 is 1.96. The van der Waals surface area contributed by atoms with E-state index < -0.39 is 5.91 Å². The molecule has 0 bridgehead atoms. The van der Waals surface area contributed by atoms with Gasteiger partial charge in [0.2, 0.25) is 0 Å². The van der Waals surface area contributed by atoms with Crippen LogP contribution in [-0.2, 0) is 11.3 Å². The third-order valence-corrected chi connectivity index (χ3v) is 3.05. The van der Waals surface area contributed by atoms with E-state index in [9.17, 15) is 4.79 Å². The van der Waals surface area contributed by atoms with E-state index in [1.807, 2.05) is 47.2 Å². The van der Waals surface area contributed by atoms with Crippen molar-refractivity contribution in [2.45, 2.75) is 6.54 Å². The Balaban J connectivity index is 2.19. The molecule has 2 rings (SSSR count). The van der Waals surface area contributed by atoms with Gasteiger partial charge >= 0.3 is 0 Å². The van der Waals surface area contributed by atoms with Crippen LogP contribution in [0.1, 0.15) is 11.3 Å². The first-order valence-electron chi connectivity index (χ1n) is 5.71. The minimum atomic E-state index is -0.564. The van der Waals surface area contributed by atoms with Gasteiger partial charge in [0.25, 0.3) is 5.91 Å². The summed E-state index contributed by atoms with van der Waals surface area (Å²) in [6.07, 6.45) is 4.79. The van der Waals surface area contributed by atoms with E-state index in [-0.39, 0.29) is 0 Å². The normalized spacial score (nSPS) is 10.8. The molecule has 0 aliphatic carbocycles. The number of hydrogen-bond donors (Lipinski definition) is 2. The van der Waals surface area contributed by atoms with Gasteiger partial charge < -0.3 is 4.57 Å². The molecule has 1 aromatic heterocycles. The Kier molecular flexibility index (Phi) is 4.39. The van der Waals surface area contributed by atoms with Crippen molar-refractivity contribution in [3.63, 3.8) is 0 Å². The number of carbonyl (C=O) groups excluding carboxylic acids is 1. The Hall–Kier alpha value is -2.04. The fraction of sp³-hybridized carbons (Fsp3) is 0.0714. The first-order chi connectivity index (χ1) is 9.20. The van der Waals surface area contributed by atoms with Gasteiger partial charge in [-0.3, -0.25) is 10.0 Å². The summed E-state index contributed by atoms with van der Waals surface area (Å²) in [5, 5.41) is 9.14. The second-order valence-corrected chi connectivity index (χ2v) is 4.37. The zero-order valence-electron chi connectivity index (χ0n) is 10.1. The third kappa shape index (κ3) is 3.47. The molecule has 19 heavy (non-hydrogen) atoms. The van der Waals surface area contributed by atoms with Crippen LogP contribution in [0.3, 0.4) is 0 Å². The van der Waals surface area contributed by atoms with Gasteiger partial charge in [-0.05, 0) is 29.8 Å². The van der Waals surface area contributed by atoms with Crippen LogP contribution in [0.2, 0.25) is 5.02 Å². The zero-order valence-corrected chi connectivity index (χ0v) is 10.8. The van der Waals surface area contributed by atoms with Crippen LogP contribution in [0.15, 0.2) is 48.7 Å². The van der Waals surface area contributed by atoms with Crippen molar-refractivity contribution in [3.8, 4) is 0 Å². The van der Waals surface area contributed by atoms with Gasteiger partial charge in [-0.25, -0.2) is 5.48 Å². The summed E-state index contributed by atoms with van der Waals surface area (Å²) in [5.74, 6) is -0.564. The minimum Gasteiger partial charge on any atom is -0.344 e. The molecule has 98 valence electrons. The molecular formula is C14H13ClN2O2. The van der Waals surface area contributed by atoms with Crippen LogP contribution < -0.4 is 5.48 Å². The second kappa shape index (κ2) is 6.22. The van der Waals surface area contributed by atoms with Crippen LogP contribution >= 0.6 is 11.6 Å². The van der Waals surface area contributed by atoms with Crippen molar-refractivity contribution in [2.75, 3.05) is 0 Å². The number of hydroxylamine groups is 1. The Morgan fingerprint density at radius 1 is 1.32 bits per heavy atom. The first kappa shape index (κ1) is 13.4. The second-order valence-electron chi connectivity index (χ2n) is 3.96. The topological polar surface area (TPSA) is 54.3 Å². The van der Waals surface area contributed by atoms with Crippen LogP contribution in [0.25, 0.3) is 6.08 Å². The fourth-order valence-electron chi connectivity index (χ4n) is 1.73.